The smallest absolute Gasteiger partial charge is 0.191 e. The number of rotatable bonds is 7. The molecule has 3 aromatic rings. The summed E-state index contributed by atoms with van der Waals surface area (Å²) in [6, 6.07) is 8.48. The molecule has 0 radical (unpaired) electrons. The van der Waals surface area contributed by atoms with Crippen molar-refractivity contribution in [2.75, 3.05) is 13.6 Å². The van der Waals surface area contributed by atoms with E-state index in [0.29, 0.717) is 6.54 Å². The zero-order chi connectivity index (χ0) is 21.7. The molecule has 7 nitrogen and oxygen atoms in total. The zero-order valence-corrected chi connectivity index (χ0v) is 21.0. The number of hydrogen-bond donors (Lipinski definition) is 2. The Morgan fingerprint density at radius 3 is 2.48 bits per heavy atom. The van der Waals surface area contributed by atoms with Crippen LogP contribution in [0.15, 0.2) is 41.5 Å². The number of aromatic nitrogens is 4. The highest BCUT2D eigenvalue weighted by Crippen LogP contribution is 2.14. The normalized spacial score (nSPS) is 12.4. The van der Waals surface area contributed by atoms with Crippen LogP contribution in [0.4, 0.5) is 4.39 Å². The number of guanidine groups is 1. The molecule has 2 aromatic heterocycles. The lowest BCUT2D eigenvalue weighted by Crippen LogP contribution is -2.43. The molecule has 0 saturated carbocycles. The number of benzene rings is 1. The summed E-state index contributed by atoms with van der Waals surface area (Å²) < 4.78 is 16.8. The monoisotopic (exact) mass is 539 g/mol. The highest BCUT2D eigenvalue weighted by Gasteiger charge is 2.14. The summed E-state index contributed by atoms with van der Waals surface area (Å²) >= 11 is 0. The molecule has 2 heterocycles. The van der Waals surface area contributed by atoms with Crippen LogP contribution in [0.2, 0.25) is 0 Å². The fourth-order valence-electron chi connectivity index (χ4n) is 3.44. The molecular weight excluding hydrogens is 508 g/mol. The van der Waals surface area contributed by atoms with Gasteiger partial charge in [-0.05, 0) is 63.1 Å². The van der Waals surface area contributed by atoms with Crippen molar-refractivity contribution in [2.24, 2.45) is 12.0 Å². The van der Waals surface area contributed by atoms with Gasteiger partial charge in [-0.25, -0.2) is 9.07 Å². The first-order valence-corrected chi connectivity index (χ1v) is 10.1. The highest BCUT2D eigenvalue weighted by atomic mass is 127. The number of nitrogens with zero attached hydrogens (tertiary/aromatic N) is 5. The Labute approximate surface area is 200 Å². The molecule has 0 fully saturated rings. The van der Waals surface area contributed by atoms with Gasteiger partial charge < -0.3 is 10.6 Å². The van der Waals surface area contributed by atoms with Crippen LogP contribution >= 0.6 is 24.0 Å². The maximum atomic E-state index is 13.1. The maximum absolute atomic E-state index is 13.1. The number of nitrogens with one attached hydrogen (secondary N) is 2. The van der Waals surface area contributed by atoms with E-state index < -0.39 is 0 Å². The largest absolute Gasteiger partial charge is 0.356 e. The Kier molecular flexibility index (Phi) is 9.02. The molecule has 0 saturated heterocycles. The summed E-state index contributed by atoms with van der Waals surface area (Å²) in [5.74, 6) is 0.511. The van der Waals surface area contributed by atoms with Gasteiger partial charge >= 0.3 is 0 Å². The summed E-state index contributed by atoms with van der Waals surface area (Å²) in [6.45, 7) is 6.99. The quantitative estimate of drug-likeness (QED) is 0.275. The molecule has 1 aromatic carbocycles. The Balaban J connectivity index is 0.00000341. The van der Waals surface area contributed by atoms with Crippen molar-refractivity contribution in [3.05, 3.63) is 65.0 Å². The summed E-state index contributed by atoms with van der Waals surface area (Å²) in [4.78, 5) is 4.32. The van der Waals surface area contributed by atoms with Gasteiger partial charge in [-0.3, -0.25) is 9.67 Å². The topological polar surface area (TPSA) is 72.1 Å². The van der Waals surface area contributed by atoms with Crippen LogP contribution in [0.3, 0.4) is 0 Å². The molecule has 3 rings (SSSR count). The molecule has 168 valence electrons. The highest BCUT2D eigenvalue weighted by molar-refractivity contribution is 14.0. The van der Waals surface area contributed by atoms with Crippen molar-refractivity contribution in [3.63, 3.8) is 0 Å². The van der Waals surface area contributed by atoms with Crippen molar-refractivity contribution >= 4 is 29.9 Å². The standard InChI is InChI=1S/C22H30FN7.HI/c1-15(14-21-16(2)27-29(5)17(21)3)26-22(24-4)25-12-10-19-11-13-30(28-19)20-8-6-18(23)7-9-20;/h6-9,11,13,15H,10,12,14H2,1-5H3,(H2,24,25,26);1H. The summed E-state index contributed by atoms with van der Waals surface area (Å²) in [6.07, 6.45) is 3.52. The number of aliphatic imine (C=N–C) groups is 1. The minimum Gasteiger partial charge on any atom is -0.356 e. The Bertz CT molecular complexity index is 1010. The van der Waals surface area contributed by atoms with Crippen LogP contribution in [0, 0.1) is 19.7 Å². The van der Waals surface area contributed by atoms with Gasteiger partial charge in [-0.1, -0.05) is 0 Å². The van der Waals surface area contributed by atoms with Crippen LogP contribution in [0.1, 0.15) is 29.6 Å². The van der Waals surface area contributed by atoms with E-state index in [0.717, 1.165) is 35.9 Å². The van der Waals surface area contributed by atoms with Crippen LogP contribution in [0.25, 0.3) is 5.69 Å². The molecule has 0 amide bonds. The average Bonchev–Trinajstić information content (AvgIpc) is 3.28. The number of aryl methyl sites for hydroxylation is 2. The molecule has 1 atom stereocenters. The van der Waals surface area contributed by atoms with Gasteiger partial charge in [-0.2, -0.15) is 10.2 Å². The SMILES string of the molecule is CN=C(NCCc1ccn(-c2ccc(F)cc2)n1)NC(C)Cc1c(C)nn(C)c1C.I. The fraction of sp³-hybridized carbons (Fsp3) is 0.409. The minimum absolute atomic E-state index is 0. The van der Waals surface area contributed by atoms with E-state index in [1.165, 1.54) is 23.4 Å². The lowest BCUT2D eigenvalue weighted by Gasteiger charge is -2.18. The summed E-state index contributed by atoms with van der Waals surface area (Å²) in [5, 5.41) is 15.8. The Morgan fingerprint density at radius 1 is 1.16 bits per heavy atom. The summed E-state index contributed by atoms with van der Waals surface area (Å²) in [7, 11) is 3.74. The van der Waals surface area contributed by atoms with Crippen LogP contribution in [-0.2, 0) is 19.9 Å². The first-order valence-electron chi connectivity index (χ1n) is 10.1. The lowest BCUT2D eigenvalue weighted by molar-refractivity contribution is 0.627. The maximum Gasteiger partial charge on any atom is 0.191 e. The van der Waals surface area contributed by atoms with Crippen LogP contribution < -0.4 is 10.6 Å². The lowest BCUT2D eigenvalue weighted by atomic mass is 10.1. The van der Waals surface area contributed by atoms with Crippen molar-refractivity contribution in [3.8, 4) is 5.69 Å². The van der Waals surface area contributed by atoms with Gasteiger partial charge in [0, 0.05) is 45.0 Å². The second kappa shape index (κ2) is 11.3. The molecular formula is C22H31FIN7. The third-order valence-electron chi connectivity index (χ3n) is 5.18. The van der Waals surface area contributed by atoms with E-state index in [9.17, 15) is 4.39 Å². The Morgan fingerprint density at radius 2 is 1.87 bits per heavy atom. The molecule has 1 unspecified atom stereocenters. The number of hydrogen-bond acceptors (Lipinski definition) is 3. The molecule has 0 aliphatic heterocycles. The van der Waals surface area contributed by atoms with E-state index >= 15 is 0 Å². The van der Waals surface area contributed by atoms with E-state index in [4.69, 9.17) is 0 Å². The van der Waals surface area contributed by atoms with Crippen molar-refractivity contribution in [1.29, 1.82) is 0 Å². The fourth-order valence-corrected chi connectivity index (χ4v) is 3.44. The van der Waals surface area contributed by atoms with Gasteiger partial charge in [0.25, 0.3) is 0 Å². The molecule has 2 N–H and O–H groups in total. The minimum atomic E-state index is -0.253. The molecule has 0 spiro atoms. The molecule has 0 aliphatic rings. The summed E-state index contributed by atoms with van der Waals surface area (Å²) in [5.41, 5.74) is 5.34. The van der Waals surface area contributed by atoms with Crippen LogP contribution in [-0.4, -0.2) is 45.2 Å². The first-order chi connectivity index (χ1) is 14.4. The third kappa shape index (κ3) is 6.52. The molecule has 0 bridgehead atoms. The van der Waals surface area contributed by atoms with E-state index in [-0.39, 0.29) is 35.8 Å². The predicted molar refractivity (Wildman–Crippen MR) is 133 cm³/mol. The van der Waals surface area contributed by atoms with Crippen LogP contribution in [0.5, 0.6) is 0 Å². The second-order valence-electron chi connectivity index (χ2n) is 7.50. The van der Waals surface area contributed by atoms with E-state index in [2.05, 4.69) is 39.7 Å². The molecule has 0 aliphatic carbocycles. The predicted octanol–water partition coefficient (Wildman–Crippen LogP) is 3.32. The van der Waals surface area contributed by atoms with E-state index in [1.54, 1.807) is 23.9 Å². The second-order valence-corrected chi connectivity index (χ2v) is 7.50. The number of halogens is 2. The Hall–Kier alpha value is -2.43. The molecule has 9 heteroatoms. The van der Waals surface area contributed by atoms with Crippen molar-refractivity contribution in [1.82, 2.24) is 30.2 Å². The van der Waals surface area contributed by atoms with Gasteiger partial charge in [-0.15, -0.1) is 24.0 Å². The first kappa shape index (κ1) is 24.8. The van der Waals surface area contributed by atoms with Crippen molar-refractivity contribution < 1.29 is 4.39 Å². The van der Waals surface area contributed by atoms with Gasteiger partial charge in [0.1, 0.15) is 5.82 Å². The van der Waals surface area contributed by atoms with Crippen molar-refractivity contribution in [2.45, 2.75) is 39.7 Å². The average molecular weight is 539 g/mol. The van der Waals surface area contributed by atoms with E-state index in [1.807, 2.05) is 30.9 Å². The zero-order valence-electron chi connectivity index (χ0n) is 18.7. The third-order valence-corrected chi connectivity index (χ3v) is 5.18. The van der Waals surface area contributed by atoms with Gasteiger partial charge in [0.15, 0.2) is 5.96 Å². The van der Waals surface area contributed by atoms with Gasteiger partial charge in [0.05, 0.1) is 17.1 Å². The molecule has 31 heavy (non-hydrogen) atoms. The van der Waals surface area contributed by atoms with Gasteiger partial charge in [0.2, 0.25) is 0 Å².